The lowest BCUT2D eigenvalue weighted by Crippen LogP contribution is -2.45. The van der Waals surface area contributed by atoms with Crippen LogP contribution in [0.15, 0.2) is 4.99 Å². The Morgan fingerprint density at radius 1 is 1.07 bits per heavy atom. The number of guanidine groups is 1. The lowest BCUT2D eigenvalue weighted by atomic mass is 9.96. The van der Waals surface area contributed by atoms with Crippen molar-refractivity contribution in [3.63, 3.8) is 0 Å². The molecule has 2 heterocycles. The minimum Gasteiger partial charge on any atom is -0.369 e. The molecule has 0 bridgehead atoms. The van der Waals surface area contributed by atoms with E-state index in [9.17, 15) is 4.79 Å². The Bertz CT molecular complexity index is 517. The quantitative estimate of drug-likeness (QED) is 0.197. The van der Waals surface area contributed by atoms with E-state index in [1.54, 1.807) is 0 Å². The summed E-state index contributed by atoms with van der Waals surface area (Å²) in [4.78, 5) is 20.8. The molecule has 1 aliphatic carbocycles. The van der Waals surface area contributed by atoms with Crippen LogP contribution in [0.3, 0.4) is 0 Å². The Hall–Kier alpha value is -0.610. The number of primary amides is 1. The monoisotopic (exact) mass is 520 g/mol. The molecule has 0 aromatic carbocycles. The van der Waals surface area contributed by atoms with Gasteiger partial charge in [-0.1, -0.05) is 12.8 Å². The highest BCUT2D eigenvalue weighted by Crippen LogP contribution is 2.26. The van der Waals surface area contributed by atoms with Crippen molar-refractivity contribution in [1.82, 2.24) is 20.4 Å². The number of hydrogen-bond acceptors (Lipinski definition) is 4. The highest BCUT2D eigenvalue weighted by Gasteiger charge is 2.30. The maximum atomic E-state index is 11.2. The van der Waals surface area contributed by atoms with Gasteiger partial charge in [0.15, 0.2) is 5.96 Å². The zero-order chi connectivity index (χ0) is 19.8. The Morgan fingerprint density at radius 2 is 1.79 bits per heavy atom. The molecular formula is C21H41IN6O. The average Bonchev–Trinajstić information content (AvgIpc) is 3.39. The largest absolute Gasteiger partial charge is 0.369 e. The van der Waals surface area contributed by atoms with Crippen LogP contribution in [0.5, 0.6) is 0 Å². The molecule has 8 heteroatoms. The summed E-state index contributed by atoms with van der Waals surface area (Å²) < 4.78 is 0. The van der Waals surface area contributed by atoms with Crippen molar-refractivity contribution in [3.05, 3.63) is 0 Å². The van der Waals surface area contributed by atoms with E-state index in [1.807, 2.05) is 7.05 Å². The highest BCUT2D eigenvalue weighted by atomic mass is 127. The number of piperidine rings is 1. The van der Waals surface area contributed by atoms with Crippen LogP contribution < -0.4 is 16.4 Å². The fraction of sp³-hybridized carbons (Fsp3) is 0.905. The smallest absolute Gasteiger partial charge is 0.220 e. The van der Waals surface area contributed by atoms with Gasteiger partial charge in [-0.25, -0.2) is 0 Å². The summed E-state index contributed by atoms with van der Waals surface area (Å²) in [5, 5.41) is 7.10. The molecule has 3 rings (SSSR count). The third kappa shape index (κ3) is 7.86. The lowest BCUT2D eigenvalue weighted by molar-refractivity contribution is -0.123. The molecular weight excluding hydrogens is 479 g/mol. The molecule has 2 aliphatic heterocycles. The second kappa shape index (κ2) is 12.9. The second-order valence-electron chi connectivity index (χ2n) is 8.79. The predicted octanol–water partition coefficient (Wildman–Crippen LogP) is 1.76. The summed E-state index contributed by atoms with van der Waals surface area (Å²) in [5.41, 5.74) is 5.41. The van der Waals surface area contributed by atoms with Crippen LogP contribution in [0, 0.1) is 5.92 Å². The summed E-state index contributed by atoms with van der Waals surface area (Å²) in [6, 6.07) is 1.35. The van der Waals surface area contributed by atoms with E-state index < -0.39 is 0 Å². The van der Waals surface area contributed by atoms with Crippen molar-refractivity contribution < 1.29 is 4.79 Å². The first kappa shape index (κ1) is 24.7. The third-order valence-electron chi connectivity index (χ3n) is 6.81. The number of nitrogens with zero attached hydrogens (tertiary/aromatic N) is 3. The molecule has 1 atom stereocenters. The third-order valence-corrected chi connectivity index (χ3v) is 6.81. The summed E-state index contributed by atoms with van der Waals surface area (Å²) in [5.74, 6) is 0.907. The van der Waals surface area contributed by atoms with Gasteiger partial charge in [0.05, 0.1) is 0 Å². The molecule has 2 saturated heterocycles. The van der Waals surface area contributed by atoms with Gasteiger partial charge in [-0.2, -0.15) is 0 Å². The van der Waals surface area contributed by atoms with E-state index in [2.05, 4.69) is 25.4 Å². The number of likely N-dealkylation sites (tertiary alicyclic amines) is 2. The zero-order valence-electron chi connectivity index (χ0n) is 18.1. The second-order valence-corrected chi connectivity index (χ2v) is 8.79. The van der Waals surface area contributed by atoms with Crippen LogP contribution >= 0.6 is 24.0 Å². The van der Waals surface area contributed by atoms with Crippen molar-refractivity contribution in [3.8, 4) is 0 Å². The molecule has 29 heavy (non-hydrogen) atoms. The minimum atomic E-state index is -0.128. The molecule has 1 unspecified atom stereocenters. The van der Waals surface area contributed by atoms with Gasteiger partial charge in [0.1, 0.15) is 0 Å². The SMILES string of the molecule is CN=C(NCCCCN1CCC(C(N)=O)CC1)NC1CCN(C2CCCC2)C1.I. The van der Waals surface area contributed by atoms with Gasteiger partial charge in [0, 0.05) is 44.7 Å². The van der Waals surface area contributed by atoms with Crippen LogP contribution in [-0.4, -0.2) is 80.1 Å². The van der Waals surface area contributed by atoms with Gasteiger partial charge in [0.2, 0.25) is 5.91 Å². The molecule has 3 fully saturated rings. The van der Waals surface area contributed by atoms with Crippen LogP contribution in [-0.2, 0) is 4.79 Å². The van der Waals surface area contributed by atoms with Gasteiger partial charge in [-0.15, -0.1) is 24.0 Å². The van der Waals surface area contributed by atoms with Crippen molar-refractivity contribution in [2.45, 2.75) is 69.9 Å². The molecule has 4 N–H and O–H groups in total. The number of halogens is 1. The van der Waals surface area contributed by atoms with Gasteiger partial charge >= 0.3 is 0 Å². The van der Waals surface area contributed by atoms with Gasteiger partial charge in [0.25, 0.3) is 0 Å². The normalized spacial score (nSPS) is 25.1. The molecule has 0 aromatic heterocycles. The van der Waals surface area contributed by atoms with Crippen LogP contribution in [0.2, 0.25) is 0 Å². The minimum absolute atomic E-state index is 0. The first-order chi connectivity index (χ1) is 13.7. The van der Waals surface area contributed by atoms with E-state index in [0.29, 0.717) is 6.04 Å². The summed E-state index contributed by atoms with van der Waals surface area (Å²) in [6.07, 6.45) is 11.0. The molecule has 1 amide bonds. The Kier molecular flexibility index (Phi) is 11.0. The number of unbranched alkanes of at least 4 members (excludes halogenated alkanes) is 1. The van der Waals surface area contributed by atoms with Crippen LogP contribution in [0.1, 0.15) is 57.8 Å². The molecule has 7 nitrogen and oxygen atoms in total. The first-order valence-corrected chi connectivity index (χ1v) is 11.4. The average molecular weight is 521 g/mol. The van der Waals surface area contributed by atoms with Crippen molar-refractivity contribution in [2.75, 3.05) is 46.3 Å². The lowest BCUT2D eigenvalue weighted by Gasteiger charge is -2.30. The Balaban J connectivity index is 0.00000300. The molecule has 3 aliphatic rings. The number of amides is 1. The number of aliphatic imine (C=N–C) groups is 1. The maximum absolute atomic E-state index is 11.2. The predicted molar refractivity (Wildman–Crippen MR) is 130 cm³/mol. The van der Waals surface area contributed by atoms with Gasteiger partial charge in [-0.05, 0) is 64.6 Å². The fourth-order valence-electron chi connectivity index (χ4n) is 5.00. The van der Waals surface area contributed by atoms with Gasteiger partial charge in [-0.3, -0.25) is 14.7 Å². The van der Waals surface area contributed by atoms with Gasteiger partial charge < -0.3 is 21.3 Å². The fourth-order valence-corrected chi connectivity index (χ4v) is 5.00. The number of hydrogen-bond donors (Lipinski definition) is 3. The highest BCUT2D eigenvalue weighted by molar-refractivity contribution is 14.0. The Morgan fingerprint density at radius 3 is 2.45 bits per heavy atom. The molecule has 0 aromatic rings. The van der Waals surface area contributed by atoms with E-state index in [4.69, 9.17) is 5.73 Å². The van der Waals surface area contributed by atoms with Crippen molar-refractivity contribution in [2.24, 2.45) is 16.6 Å². The summed E-state index contributed by atoms with van der Waals surface area (Å²) in [7, 11) is 1.86. The van der Waals surface area contributed by atoms with Crippen LogP contribution in [0.4, 0.5) is 0 Å². The summed E-state index contributed by atoms with van der Waals surface area (Å²) >= 11 is 0. The van der Waals surface area contributed by atoms with E-state index in [1.165, 1.54) is 45.1 Å². The molecule has 1 saturated carbocycles. The first-order valence-electron chi connectivity index (χ1n) is 11.4. The summed E-state index contributed by atoms with van der Waals surface area (Å²) in [6.45, 7) is 6.46. The van der Waals surface area contributed by atoms with Crippen molar-refractivity contribution >= 4 is 35.8 Å². The number of carbonyl (C=O) groups excluding carboxylic acids is 1. The molecule has 0 spiro atoms. The van der Waals surface area contributed by atoms with Crippen molar-refractivity contribution in [1.29, 1.82) is 0 Å². The number of carbonyl (C=O) groups is 1. The molecule has 168 valence electrons. The number of nitrogens with two attached hydrogens (primary N) is 1. The zero-order valence-corrected chi connectivity index (χ0v) is 20.4. The van der Waals surface area contributed by atoms with E-state index in [-0.39, 0.29) is 35.8 Å². The topological polar surface area (TPSA) is 86.0 Å². The van der Waals surface area contributed by atoms with E-state index >= 15 is 0 Å². The Labute approximate surface area is 193 Å². The number of nitrogens with one attached hydrogen (secondary N) is 2. The molecule has 0 radical (unpaired) electrons. The number of rotatable bonds is 8. The standard InChI is InChI=1S/C21H40N6O.HI/c1-23-21(25-18-10-15-27(16-18)19-6-2-3-7-19)24-11-4-5-12-26-13-8-17(9-14-26)20(22)28;/h17-19H,2-16H2,1H3,(H2,22,28)(H2,23,24,25);1H. The van der Waals surface area contributed by atoms with E-state index in [0.717, 1.165) is 64.0 Å². The van der Waals surface area contributed by atoms with Crippen LogP contribution in [0.25, 0.3) is 0 Å². The maximum Gasteiger partial charge on any atom is 0.220 e.